The van der Waals surface area contributed by atoms with Crippen LogP contribution in [0.4, 0.5) is 0 Å². The van der Waals surface area contributed by atoms with Crippen molar-refractivity contribution in [1.82, 2.24) is 0 Å². The fraction of sp³-hybridized carbons (Fsp3) is 0.857. The van der Waals surface area contributed by atoms with Gasteiger partial charge in [-0.3, -0.25) is 9.79 Å². The molecule has 0 spiro atoms. The fourth-order valence-corrected chi connectivity index (χ4v) is 3.32. The molecule has 2 aliphatic rings. The molecule has 2 aliphatic carbocycles. The minimum Gasteiger partial charge on any atom is -0.292 e. The van der Waals surface area contributed by atoms with Gasteiger partial charge in [0.25, 0.3) is 0 Å². The number of hydrogen-bond acceptors (Lipinski definition) is 2. The minimum absolute atomic E-state index is 0.0914. The maximum absolute atomic E-state index is 12.5. The van der Waals surface area contributed by atoms with Crippen LogP contribution >= 0.6 is 0 Å². The summed E-state index contributed by atoms with van der Waals surface area (Å²) in [5.41, 5.74) is 0.656. The van der Waals surface area contributed by atoms with Gasteiger partial charge in [0.15, 0.2) is 5.78 Å². The molecule has 0 aromatic heterocycles. The zero-order valence-corrected chi connectivity index (χ0v) is 11.3. The van der Waals surface area contributed by atoms with Crippen molar-refractivity contribution in [3.8, 4) is 0 Å². The second kappa shape index (κ2) is 2.96. The van der Waals surface area contributed by atoms with Crippen LogP contribution in [-0.2, 0) is 4.79 Å². The van der Waals surface area contributed by atoms with E-state index in [4.69, 9.17) is 0 Å². The highest BCUT2D eigenvalue weighted by atomic mass is 16.1. The van der Waals surface area contributed by atoms with Crippen molar-refractivity contribution >= 4 is 11.5 Å². The predicted octanol–water partition coefficient (Wildman–Crippen LogP) is 3.25. The van der Waals surface area contributed by atoms with Gasteiger partial charge in [-0.1, -0.05) is 20.8 Å². The predicted molar refractivity (Wildman–Crippen MR) is 66.8 cm³/mol. The molecule has 2 fully saturated rings. The Labute approximate surface area is 98.5 Å². The van der Waals surface area contributed by atoms with Gasteiger partial charge in [-0.05, 0) is 39.0 Å². The molecule has 0 heterocycles. The Balaban J connectivity index is 2.49. The van der Waals surface area contributed by atoms with Crippen LogP contribution < -0.4 is 0 Å². The maximum Gasteiger partial charge on any atom is 0.183 e. The van der Waals surface area contributed by atoms with E-state index >= 15 is 0 Å². The van der Waals surface area contributed by atoms with Crippen molar-refractivity contribution in [2.24, 2.45) is 21.7 Å². The van der Waals surface area contributed by atoms with Gasteiger partial charge >= 0.3 is 0 Å². The van der Waals surface area contributed by atoms with Gasteiger partial charge in [0.05, 0.1) is 11.3 Å². The van der Waals surface area contributed by atoms with E-state index in [2.05, 4.69) is 46.5 Å². The number of carbonyl (C=O) groups is 1. The molecule has 0 N–H and O–H groups in total. The highest BCUT2D eigenvalue weighted by Gasteiger charge is 2.65. The molecule has 0 amide bonds. The molecule has 0 aliphatic heterocycles. The SMILES string of the molecule is CC(C)(C)N=C1C(=O)C2(C)CCC1C2(C)C. The van der Waals surface area contributed by atoms with Crippen LogP contribution in [0.3, 0.4) is 0 Å². The lowest BCUT2D eigenvalue weighted by molar-refractivity contribution is -0.123. The molecule has 0 aromatic carbocycles. The lowest BCUT2D eigenvalue weighted by atomic mass is 9.70. The summed E-state index contributed by atoms with van der Waals surface area (Å²) in [7, 11) is 0. The summed E-state index contributed by atoms with van der Waals surface area (Å²) >= 11 is 0. The maximum atomic E-state index is 12.5. The quantitative estimate of drug-likeness (QED) is 0.617. The molecular weight excluding hydrogens is 198 g/mol. The minimum atomic E-state index is -0.165. The second-order valence-corrected chi connectivity index (χ2v) is 7.14. The van der Waals surface area contributed by atoms with Crippen LogP contribution in [0.2, 0.25) is 0 Å². The molecule has 2 saturated carbocycles. The van der Waals surface area contributed by atoms with Crippen molar-refractivity contribution in [1.29, 1.82) is 0 Å². The summed E-state index contributed by atoms with van der Waals surface area (Å²) in [6.45, 7) is 12.8. The van der Waals surface area contributed by atoms with Gasteiger partial charge < -0.3 is 0 Å². The fourth-order valence-electron chi connectivity index (χ4n) is 3.32. The summed E-state index contributed by atoms with van der Waals surface area (Å²) in [6, 6.07) is 0. The number of carbonyl (C=O) groups excluding carboxylic acids is 1. The lowest BCUT2D eigenvalue weighted by Gasteiger charge is -2.31. The Bertz CT molecular complexity index is 373. The van der Waals surface area contributed by atoms with Gasteiger partial charge in [-0.2, -0.15) is 0 Å². The van der Waals surface area contributed by atoms with Gasteiger partial charge in [0.1, 0.15) is 0 Å². The average molecular weight is 221 g/mol. The molecule has 0 aromatic rings. The summed E-state index contributed by atoms with van der Waals surface area (Å²) in [6.07, 6.45) is 2.16. The average Bonchev–Trinajstić information content (AvgIpc) is 2.38. The van der Waals surface area contributed by atoms with E-state index in [0.29, 0.717) is 11.7 Å². The van der Waals surface area contributed by atoms with E-state index in [1.807, 2.05) is 0 Å². The number of hydrogen-bond donors (Lipinski definition) is 0. The summed E-state index contributed by atoms with van der Waals surface area (Å²) in [5.74, 6) is 0.688. The lowest BCUT2D eigenvalue weighted by Crippen LogP contribution is -2.34. The van der Waals surface area contributed by atoms with E-state index in [0.717, 1.165) is 18.6 Å². The number of ketones is 1. The molecule has 90 valence electrons. The monoisotopic (exact) mass is 221 g/mol. The van der Waals surface area contributed by atoms with Crippen molar-refractivity contribution < 1.29 is 4.79 Å². The van der Waals surface area contributed by atoms with E-state index in [1.165, 1.54) is 0 Å². The van der Waals surface area contributed by atoms with Crippen LogP contribution in [0.25, 0.3) is 0 Å². The highest BCUT2D eigenvalue weighted by molar-refractivity contribution is 6.45. The third kappa shape index (κ3) is 1.31. The Morgan fingerprint density at radius 2 is 1.81 bits per heavy atom. The highest BCUT2D eigenvalue weighted by Crippen LogP contribution is 2.62. The van der Waals surface area contributed by atoms with Gasteiger partial charge in [0, 0.05) is 11.3 Å². The summed E-state index contributed by atoms with van der Waals surface area (Å²) in [4.78, 5) is 17.1. The third-order valence-corrected chi connectivity index (χ3v) is 4.75. The van der Waals surface area contributed by atoms with Gasteiger partial charge in [0.2, 0.25) is 0 Å². The number of aliphatic imine (C=N–C) groups is 1. The first kappa shape index (κ1) is 11.8. The molecule has 0 saturated heterocycles. The number of Topliss-reactive ketones (excluding diaryl/α,β-unsaturated/α-hetero) is 1. The normalized spacial score (nSPS) is 39.8. The largest absolute Gasteiger partial charge is 0.292 e. The van der Waals surface area contributed by atoms with E-state index in [9.17, 15) is 4.79 Å². The summed E-state index contributed by atoms with van der Waals surface area (Å²) < 4.78 is 0. The van der Waals surface area contributed by atoms with Crippen LogP contribution in [0.5, 0.6) is 0 Å². The van der Waals surface area contributed by atoms with Crippen LogP contribution in [0, 0.1) is 16.7 Å². The van der Waals surface area contributed by atoms with E-state index in [-0.39, 0.29) is 16.4 Å². The molecule has 2 heteroatoms. The Kier molecular flexibility index (Phi) is 2.19. The van der Waals surface area contributed by atoms with Crippen molar-refractivity contribution in [3.63, 3.8) is 0 Å². The van der Waals surface area contributed by atoms with Crippen LogP contribution in [-0.4, -0.2) is 17.0 Å². The molecule has 2 rings (SSSR count). The molecule has 0 radical (unpaired) electrons. The van der Waals surface area contributed by atoms with E-state index in [1.54, 1.807) is 0 Å². The zero-order valence-electron chi connectivity index (χ0n) is 11.3. The first-order chi connectivity index (χ1) is 7.09. The number of rotatable bonds is 0. The van der Waals surface area contributed by atoms with E-state index < -0.39 is 0 Å². The van der Waals surface area contributed by atoms with Crippen molar-refractivity contribution in [3.05, 3.63) is 0 Å². The first-order valence-electron chi connectivity index (χ1n) is 6.24. The number of fused-ring (bicyclic) bond motifs is 2. The standard InChI is InChI=1S/C14H23NO/c1-12(2,3)15-10-9-7-8-14(6,11(10)16)13(9,4)5/h9H,7-8H2,1-6H3. The smallest absolute Gasteiger partial charge is 0.183 e. The van der Waals surface area contributed by atoms with Crippen LogP contribution in [0.15, 0.2) is 4.99 Å². The molecule has 2 unspecified atom stereocenters. The molecular formula is C14H23NO. The third-order valence-electron chi connectivity index (χ3n) is 4.75. The molecule has 2 bridgehead atoms. The van der Waals surface area contributed by atoms with Gasteiger partial charge in [-0.15, -0.1) is 0 Å². The molecule has 2 atom stereocenters. The Morgan fingerprint density at radius 3 is 2.19 bits per heavy atom. The zero-order chi connectivity index (χ0) is 12.4. The second-order valence-electron chi connectivity index (χ2n) is 7.14. The summed E-state index contributed by atoms with van der Waals surface area (Å²) in [5, 5.41) is 0. The Hall–Kier alpha value is -0.660. The van der Waals surface area contributed by atoms with Gasteiger partial charge in [-0.25, -0.2) is 0 Å². The first-order valence-corrected chi connectivity index (χ1v) is 6.24. The molecule has 2 nitrogen and oxygen atoms in total. The van der Waals surface area contributed by atoms with Crippen molar-refractivity contribution in [2.75, 3.05) is 0 Å². The van der Waals surface area contributed by atoms with Crippen LogP contribution in [0.1, 0.15) is 54.4 Å². The number of nitrogens with zero attached hydrogens (tertiary/aromatic N) is 1. The van der Waals surface area contributed by atoms with Crippen molar-refractivity contribution in [2.45, 2.75) is 59.9 Å². The Morgan fingerprint density at radius 1 is 1.25 bits per heavy atom. The molecule has 16 heavy (non-hydrogen) atoms. The topological polar surface area (TPSA) is 29.4 Å².